The molecule has 2 atom stereocenters. The molecule has 2 heterocycles. The first-order chi connectivity index (χ1) is 9.81. The average molecular weight is 326 g/mol. The van der Waals surface area contributed by atoms with Crippen molar-refractivity contribution < 1.29 is 4.79 Å². The average Bonchev–Trinajstić information content (AvgIpc) is 2.94. The quantitative estimate of drug-likeness (QED) is 0.931. The van der Waals surface area contributed by atoms with Crippen LogP contribution < -0.4 is 5.32 Å². The molecule has 0 radical (unpaired) electrons. The molecule has 0 aliphatic rings. The number of amides is 1. The molecule has 1 amide bonds. The van der Waals surface area contributed by atoms with Gasteiger partial charge in [-0.2, -0.15) is 5.10 Å². The van der Waals surface area contributed by atoms with Gasteiger partial charge in [0, 0.05) is 23.2 Å². The molecule has 0 bridgehead atoms. The summed E-state index contributed by atoms with van der Waals surface area (Å²) in [5.41, 5.74) is 2.94. The number of thiophene rings is 1. The molecule has 0 spiro atoms. The van der Waals surface area contributed by atoms with Crippen molar-refractivity contribution in [3.63, 3.8) is 0 Å². The highest BCUT2D eigenvalue weighted by Crippen LogP contribution is 2.28. The van der Waals surface area contributed by atoms with Gasteiger partial charge in [-0.3, -0.25) is 9.48 Å². The standard InChI is InChI=1S/C15H20ClN3OS/c1-8(14-10(3)18-19(5)11(14)4)15(20)17-9(2)12-6-7-13(16)21-12/h6-9H,1-5H3,(H,17,20)/t8-,9-/m0/s1. The largest absolute Gasteiger partial charge is 0.348 e. The van der Waals surface area contributed by atoms with Gasteiger partial charge in [-0.25, -0.2) is 0 Å². The minimum Gasteiger partial charge on any atom is -0.348 e. The Morgan fingerprint density at radius 2 is 2.05 bits per heavy atom. The van der Waals surface area contributed by atoms with Gasteiger partial charge in [0.2, 0.25) is 5.91 Å². The summed E-state index contributed by atoms with van der Waals surface area (Å²) in [6, 6.07) is 3.75. The molecule has 4 nitrogen and oxygen atoms in total. The highest BCUT2D eigenvalue weighted by molar-refractivity contribution is 7.16. The number of carbonyl (C=O) groups is 1. The van der Waals surface area contributed by atoms with Crippen molar-refractivity contribution in [3.8, 4) is 0 Å². The first-order valence-corrected chi connectivity index (χ1v) is 8.06. The molecule has 0 fully saturated rings. The van der Waals surface area contributed by atoms with E-state index in [4.69, 9.17) is 11.6 Å². The first kappa shape index (κ1) is 16.0. The number of aryl methyl sites for hydroxylation is 2. The number of halogens is 1. The molecule has 0 saturated carbocycles. The summed E-state index contributed by atoms with van der Waals surface area (Å²) in [6.45, 7) is 7.81. The molecule has 0 aliphatic heterocycles. The van der Waals surface area contributed by atoms with E-state index >= 15 is 0 Å². The lowest BCUT2D eigenvalue weighted by Crippen LogP contribution is -2.30. The minimum atomic E-state index is -0.225. The van der Waals surface area contributed by atoms with Gasteiger partial charge in [0.25, 0.3) is 0 Å². The molecular weight excluding hydrogens is 306 g/mol. The summed E-state index contributed by atoms with van der Waals surface area (Å²) < 4.78 is 2.55. The molecule has 1 N–H and O–H groups in total. The van der Waals surface area contributed by atoms with Crippen LogP contribution in [0.3, 0.4) is 0 Å². The molecule has 21 heavy (non-hydrogen) atoms. The first-order valence-electron chi connectivity index (χ1n) is 6.87. The van der Waals surface area contributed by atoms with Crippen molar-refractivity contribution in [1.29, 1.82) is 0 Å². The number of aromatic nitrogens is 2. The molecule has 0 aliphatic carbocycles. The molecule has 0 saturated heterocycles. The fourth-order valence-electron chi connectivity index (χ4n) is 2.52. The van der Waals surface area contributed by atoms with Crippen LogP contribution in [0.2, 0.25) is 4.34 Å². The van der Waals surface area contributed by atoms with Crippen molar-refractivity contribution in [3.05, 3.63) is 38.3 Å². The number of rotatable bonds is 4. The second-order valence-corrected chi connectivity index (χ2v) is 7.05. The van der Waals surface area contributed by atoms with Crippen LogP contribution in [-0.2, 0) is 11.8 Å². The third kappa shape index (κ3) is 3.30. The van der Waals surface area contributed by atoms with E-state index in [2.05, 4.69) is 10.4 Å². The van der Waals surface area contributed by atoms with Crippen LogP contribution in [0, 0.1) is 13.8 Å². The highest BCUT2D eigenvalue weighted by atomic mass is 35.5. The number of nitrogens with one attached hydrogen (secondary N) is 1. The van der Waals surface area contributed by atoms with Gasteiger partial charge in [0.05, 0.1) is 22.0 Å². The van der Waals surface area contributed by atoms with Crippen molar-refractivity contribution >= 4 is 28.8 Å². The van der Waals surface area contributed by atoms with Crippen molar-refractivity contribution in [1.82, 2.24) is 15.1 Å². The molecule has 0 unspecified atom stereocenters. The lowest BCUT2D eigenvalue weighted by Gasteiger charge is -2.17. The molecule has 2 rings (SSSR count). The van der Waals surface area contributed by atoms with Crippen molar-refractivity contribution in [2.75, 3.05) is 0 Å². The summed E-state index contributed by atoms with van der Waals surface area (Å²) in [6.07, 6.45) is 0. The number of hydrogen-bond donors (Lipinski definition) is 1. The Bertz CT molecular complexity index is 662. The van der Waals surface area contributed by atoms with Crippen LogP contribution in [-0.4, -0.2) is 15.7 Å². The third-order valence-electron chi connectivity index (χ3n) is 3.77. The predicted octanol–water partition coefficient (Wildman–Crippen LogP) is 3.73. The van der Waals surface area contributed by atoms with E-state index in [1.807, 2.05) is 51.6 Å². The Morgan fingerprint density at radius 1 is 1.38 bits per heavy atom. The van der Waals surface area contributed by atoms with Crippen LogP contribution in [0.4, 0.5) is 0 Å². The van der Waals surface area contributed by atoms with Crippen molar-refractivity contribution in [2.24, 2.45) is 7.05 Å². The lowest BCUT2D eigenvalue weighted by atomic mass is 9.98. The van der Waals surface area contributed by atoms with E-state index < -0.39 is 0 Å². The van der Waals surface area contributed by atoms with Gasteiger partial charge < -0.3 is 5.32 Å². The maximum absolute atomic E-state index is 12.5. The number of nitrogens with zero attached hydrogens (tertiary/aromatic N) is 2. The van der Waals surface area contributed by atoms with E-state index in [-0.39, 0.29) is 17.9 Å². The number of hydrogen-bond acceptors (Lipinski definition) is 3. The Balaban J connectivity index is 2.12. The Labute approximate surface area is 134 Å². The second kappa shape index (κ2) is 6.20. The SMILES string of the molecule is Cc1nn(C)c(C)c1[C@H](C)C(=O)N[C@@H](C)c1ccc(Cl)s1. The molecule has 2 aromatic rings. The zero-order valence-corrected chi connectivity index (χ0v) is 14.5. The monoisotopic (exact) mass is 325 g/mol. The maximum Gasteiger partial charge on any atom is 0.227 e. The Kier molecular flexibility index (Phi) is 4.74. The topological polar surface area (TPSA) is 46.9 Å². The fraction of sp³-hybridized carbons (Fsp3) is 0.467. The zero-order chi connectivity index (χ0) is 15.7. The van der Waals surface area contributed by atoms with Gasteiger partial charge in [0.15, 0.2) is 0 Å². The smallest absolute Gasteiger partial charge is 0.227 e. The van der Waals surface area contributed by atoms with Gasteiger partial charge in [-0.15, -0.1) is 11.3 Å². The summed E-state index contributed by atoms with van der Waals surface area (Å²) in [5, 5.41) is 7.42. The van der Waals surface area contributed by atoms with Crippen molar-refractivity contribution in [2.45, 2.75) is 39.7 Å². The van der Waals surface area contributed by atoms with Gasteiger partial charge in [0.1, 0.15) is 0 Å². The molecule has 0 aromatic carbocycles. The van der Waals surface area contributed by atoms with Gasteiger partial charge in [-0.1, -0.05) is 11.6 Å². The van der Waals surface area contributed by atoms with E-state index in [9.17, 15) is 4.79 Å². The summed E-state index contributed by atoms with van der Waals surface area (Å²) in [5.74, 6) is -0.220. The lowest BCUT2D eigenvalue weighted by molar-refractivity contribution is -0.122. The van der Waals surface area contributed by atoms with E-state index in [0.717, 1.165) is 26.2 Å². The van der Waals surface area contributed by atoms with Gasteiger partial charge >= 0.3 is 0 Å². The van der Waals surface area contributed by atoms with Crippen LogP contribution in [0.1, 0.15) is 47.6 Å². The molecule has 6 heteroatoms. The van der Waals surface area contributed by atoms with E-state index in [0.29, 0.717) is 0 Å². The molecule has 2 aromatic heterocycles. The summed E-state index contributed by atoms with van der Waals surface area (Å²) in [7, 11) is 1.90. The fourth-order valence-corrected chi connectivity index (χ4v) is 3.58. The third-order valence-corrected chi connectivity index (χ3v) is 5.18. The highest BCUT2D eigenvalue weighted by Gasteiger charge is 2.24. The summed E-state index contributed by atoms with van der Waals surface area (Å²) >= 11 is 7.43. The van der Waals surface area contributed by atoms with E-state index in [1.54, 1.807) is 0 Å². The molecule has 114 valence electrons. The van der Waals surface area contributed by atoms with Crippen LogP contribution in [0.5, 0.6) is 0 Å². The maximum atomic E-state index is 12.5. The zero-order valence-electron chi connectivity index (χ0n) is 12.9. The van der Waals surface area contributed by atoms with E-state index in [1.165, 1.54) is 11.3 Å². The van der Waals surface area contributed by atoms with Crippen LogP contribution >= 0.6 is 22.9 Å². The van der Waals surface area contributed by atoms with Crippen LogP contribution in [0.25, 0.3) is 0 Å². The van der Waals surface area contributed by atoms with Crippen LogP contribution in [0.15, 0.2) is 12.1 Å². The Morgan fingerprint density at radius 3 is 2.52 bits per heavy atom. The second-order valence-electron chi connectivity index (χ2n) is 5.30. The van der Waals surface area contributed by atoms with Gasteiger partial charge in [-0.05, 0) is 39.8 Å². The normalized spacial score (nSPS) is 14.0. The minimum absolute atomic E-state index is 0.00576. The Hall–Kier alpha value is -1.33. The molecular formula is C15H20ClN3OS. The predicted molar refractivity (Wildman–Crippen MR) is 87.0 cm³/mol. The summed E-state index contributed by atoms with van der Waals surface area (Å²) in [4.78, 5) is 13.5. The number of carbonyl (C=O) groups excluding carboxylic acids is 1.